The smallest absolute Gasteiger partial charge is 0.496 e. The van der Waals surface area contributed by atoms with Gasteiger partial charge in [0.15, 0.2) is 0 Å². The van der Waals surface area contributed by atoms with Crippen LogP contribution >= 0.6 is 0 Å². The molecular formula is C18H34Al2O. The first kappa shape index (κ1) is 21.1. The Kier molecular flexibility index (Phi) is 8.68. The minimum absolute atomic E-state index is 0.140. The molecule has 0 aliphatic rings. The zero-order valence-electron chi connectivity index (χ0n) is 15.9. The highest BCUT2D eigenvalue weighted by Gasteiger charge is 2.24. The molecule has 0 radical (unpaired) electrons. The van der Waals surface area contributed by atoms with Gasteiger partial charge in [0.1, 0.15) is 0 Å². The molecule has 1 aromatic rings. The van der Waals surface area contributed by atoms with Crippen LogP contribution in [0.15, 0.2) is 18.2 Å². The second-order valence-corrected chi connectivity index (χ2v) is 9.41. The molecule has 0 spiro atoms. The SMILES string of the molecule is CC(C)(C)c1cccc(C(C)(C)C)c1[O][AlH2].CC(C)[CH2][AlH2]. The van der Waals surface area contributed by atoms with E-state index in [1.807, 2.05) is 0 Å². The standard InChI is InChI=1S/C14H22O.C4H9.2Al.4H/c1-13(2,3)10-8-7-9-11(12(10)15)14(4,5)6;1-4(2)3;;;;;;/h7-9,15H,1-6H3;4H,1H2,2-3H3;;;;;;/q;;;+1;;;;/p-1. The number of para-hydroxylation sites is 1. The number of hydrogen-bond acceptors (Lipinski definition) is 1. The normalized spacial score (nSPS) is 11.9. The molecule has 0 aromatic heterocycles. The van der Waals surface area contributed by atoms with Crippen molar-refractivity contribution >= 4 is 32.9 Å². The van der Waals surface area contributed by atoms with Gasteiger partial charge >= 0.3 is 16.6 Å². The molecule has 0 amide bonds. The van der Waals surface area contributed by atoms with Gasteiger partial charge < -0.3 is 3.79 Å². The maximum atomic E-state index is 5.77. The Morgan fingerprint density at radius 2 is 1.29 bits per heavy atom. The van der Waals surface area contributed by atoms with Crippen LogP contribution in [0.2, 0.25) is 5.28 Å². The van der Waals surface area contributed by atoms with Crippen LogP contribution in [-0.4, -0.2) is 32.9 Å². The van der Waals surface area contributed by atoms with E-state index >= 15 is 0 Å². The van der Waals surface area contributed by atoms with Gasteiger partial charge in [0, 0.05) is 0 Å². The zero-order chi connectivity index (χ0) is 16.8. The van der Waals surface area contributed by atoms with Gasteiger partial charge in [-0.2, -0.15) is 0 Å². The molecule has 0 aliphatic carbocycles. The van der Waals surface area contributed by atoms with E-state index in [1.54, 1.807) is 0 Å². The maximum absolute atomic E-state index is 5.77. The van der Waals surface area contributed by atoms with Crippen LogP contribution in [0.3, 0.4) is 0 Å². The van der Waals surface area contributed by atoms with E-state index in [0.29, 0.717) is 0 Å². The van der Waals surface area contributed by atoms with Crippen molar-refractivity contribution in [2.75, 3.05) is 0 Å². The highest BCUT2D eigenvalue weighted by atomic mass is 27.1. The molecule has 0 saturated carbocycles. The summed E-state index contributed by atoms with van der Waals surface area (Å²) in [6.07, 6.45) is 0. The molecule has 0 saturated heterocycles. The minimum atomic E-state index is 0.140. The first-order chi connectivity index (χ1) is 9.45. The van der Waals surface area contributed by atoms with Crippen molar-refractivity contribution in [2.45, 2.75) is 71.5 Å². The average molecular weight is 320 g/mol. The van der Waals surface area contributed by atoms with E-state index in [1.165, 1.54) is 32.7 Å². The van der Waals surface area contributed by atoms with Crippen molar-refractivity contribution < 1.29 is 3.79 Å². The molecule has 0 atom stereocenters. The van der Waals surface area contributed by atoms with Gasteiger partial charge in [0.05, 0.1) is 5.75 Å². The van der Waals surface area contributed by atoms with E-state index in [0.717, 1.165) is 28.3 Å². The van der Waals surface area contributed by atoms with Gasteiger partial charge in [0.2, 0.25) is 16.3 Å². The quantitative estimate of drug-likeness (QED) is 0.751. The summed E-state index contributed by atoms with van der Waals surface area (Å²) in [5.74, 6) is 2.05. The molecule has 0 aliphatic heterocycles. The minimum Gasteiger partial charge on any atom is -0.647 e. The molecule has 118 valence electrons. The van der Waals surface area contributed by atoms with E-state index < -0.39 is 0 Å². The maximum Gasteiger partial charge on any atom is 0.496 e. The van der Waals surface area contributed by atoms with Gasteiger partial charge in [0.25, 0.3) is 0 Å². The van der Waals surface area contributed by atoms with Crippen molar-refractivity contribution in [3.63, 3.8) is 0 Å². The lowest BCUT2D eigenvalue weighted by Crippen LogP contribution is -2.18. The zero-order valence-corrected chi connectivity index (χ0v) is 19.9. The van der Waals surface area contributed by atoms with Gasteiger partial charge in [-0.05, 0) is 22.0 Å². The highest BCUT2D eigenvalue weighted by molar-refractivity contribution is 6.08. The van der Waals surface area contributed by atoms with Crippen molar-refractivity contribution in [1.82, 2.24) is 0 Å². The average Bonchev–Trinajstić information content (AvgIpc) is 2.36. The van der Waals surface area contributed by atoms with Crippen molar-refractivity contribution in [3.8, 4) is 5.75 Å². The fourth-order valence-electron chi connectivity index (χ4n) is 1.94. The van der Waals surface area contributed by atoms with E-state index in [-0.39, 0.29) is 10.8 Å². The Morgan fingerprint density at radius 3 is 1.48 bits per heavy atom. The lowest BCUT2D eigenvalue weighted by atomic mass is 9.80. The van der Waals surface area contributed by atoms with Crippen LogP contribution in [0.25, 0.3) is 0 Å². The second-order valence-electron chi connectivity index (χ2n) is 8.19. The predicted octanol–water partition coefficient (Wildman–Crippen LogP) is 3.90. The van der Waals surface area contributed by atoms with Gasteiger partial charge in [-0.3, -0.25) is 0 Å². The Balaban J connectivity index is 0.000000690. The van der Waals surface area contributed by atoms with E-state index in [4.69, 9.17) is 3.79 Å². The summed E-state index contributed by atoms with van der Waals surface area (Å²) in [7, 11) is 0. The summed E-state index contributed by atoms with van der Waals surface area (Å²) in [5, 5.41) is 1.44. The monoisotopic (exact) mass is 320 g/mol. The molecule has 21 heavy (non-hydrogen) atoms. The van der Waals surface area contributed by atoms with Crippen molar-refractivity contribution in [1.29, 1.82) is 0 Å². The summed E-state index contributed by atoms with van der Waals surface area (Å²) < 4.78 is 5.77. The fraction of sp³-hybridized carbons (Fsp3) is 0.667. The Hall–Kier alpha value is 0.0849. The Labute approximate surface area is 149 Å². The summed E-state index contributed by atoms with van der Waals surface area (Å²) >= 11 is 2.11. The third kappa shape index (κ3) is 7.26. The summed E-state index contributed by atoms with van der Waals surface area (Å²) in [4.78, 5) is 0. The topological polar surface area (TPSA) is 9.23 Å². The van der Waals surface area contributed by atoms with Crippen LogP contribution < -0.4 is 3.79 Å². The van der Waals surface area contributed by atoms with Gasteiger partial charge in [-0.15, -0.1) is 0 Å². The van der Waals surface area contributed by atoms with Crippen LogP contribution in [0, 0.1) is 5.92 Å². The van der Waals surface area contributed by atoms with Crippen LogP contribution in [0.1, 0.15) is 66.5 Å². The number of hydrogen-bond donors (Lipinski definition) is 0. The molecular weight excluding hydrogens is 286 g/mol. The number of rotatable bonds is 2. The third-order valence-electron chi connectivity index (χ3n) is 3.65. The van der Waals surface area contributed by atoms with E-state index in [2.05, 4.69) is 73.6 Å². The van der Waals surface area contributed by atoms with Crippen molar-refractivity contribution in [2.24, 2.45) is 5.92 Å². The largest absolute Gasteiger partial charge is 0.647 e. The number of benzene rings is 1. The third-order valence-corrected chi connectivity index (χ3v) is 5.69. The molecule has 1 rings (SSSR count). The molecule has 0 bridgehead atoms. The summed E-state index contributed by atoms with van der Waals surface area (Å²) in [6.45, 7) is 17.9. The van der Waals surface area contributed by atoms with Crippen LogP contribution in [0.4, 0.5) is 0 Å². The van der Waals surface area contributed by atoms with E-state index in [9.17, 15) is 0 Å². The Bertz CT molecular complexity index is 394. The highest BCUT2D eigenvalue weighted by Crippen LogP contribution is 2.38. The second kappa shape index (κ2) is 8.65. The molecule has 1 aromatic carbocycles. The molecule has 0 fully saturated rings. The molecule has 3 heteroatoms. The Morgan fingerprint density at radius 1 is 0.952 bits per heavy atom. The van der Waals surface area contributed by atoms with Gasteiger partial charge in [-0.1, -0.05) is 84.8 Å². The van der Waals surface area contributed by atoms with Crippen LogP contribution in [0.5, 0.6) is 5.75 Å². The molecule has 0 unspecified atom stereocenters. The molecule has 0 N–H and O–H groups in total. The van der Waals surface area contributed by atoms with Crippen LogP contribution in [-0.2, 0) is 10.8 Å². The first-order valence-electron chi connectivity index (χ1n) is 8.13. The fourth-order valence-corrected chi connectivity index (χ4v) is 2.38. The summed E-state index contributed by atoms with van der Waals surface area (Å²) in [5.41, 5.74) is 2.91. The van der Waals surface area contributed by atoms with Gasteiger partial charge in [-0.25, -0.2) is 0 Å². The first-order valence-corrected chi connectivity index (χ1v) is 10.4. The van der Waals surface area contributed by atoms with Crippen molar-refractivity contribution in [3.05, 3.63) is 29.3 Å². The lowest BCUT2D eigenvalue weighted by molar-refractivity contribution is 0.501. The molecule has 1 nitrogen and oxygen atoms in total. The predicted molar refractivity (Wildman–Crippen MR) is 101 cm³/mol. The molecule has 0 heterocycles. The lowest BCUT2D eigenvalue weighted by Gasteiger charge is -2.29. The summed E-state index contributed by atoms with van der Waals surface area (Å²) in [6, 6.07) is 6.51.